The predicted molar refractivity (Wildman–Crippen MR) is 66.5 cm³/mol. The first-order valence-corrected chi connectivity index (χ1v) is 6.60. The Morgan fingerprint density at radius 1 is 1.25 bits per heavy atom. The van der Waals surface area contributed by atoms with Gasteiger partial charge >= 0.3 is 0 Å². The number of hydrogen-bond donors (Lipinski definition) is 1. The molecule has 1 saturated carbocycles. The Bertz CT molecular complexity index is 175. The molecule has 3 nitrogen and oxygen atoms in total. The molecule has 0 aromatic heterocycles. The molecule has 1 N–H and O–H groups in total. The molecule has 1 aliphatic carbocycles. The van der Waals surface area contributed by atoms with Gasteiger partial charge in [-0.1, -0.05) is 26.2 Å². The maximum atomic E-state index is 9.05. The molecule has 3 heteroatoms. The Morgan fingerprint density at radius 2 is 2.00 bits per heavy atom. The van der Waals surface area contributed by atoms with Crippen LogP contribution in [-0.2, 0) is 4.74 Å². The summed E-state index contributed by atoms with van der Waals surface area (Å²) in [5, 5.41) is 9.05. The van der Waals surface area contributed by atoms with E-state index in [1.54, 1.807) is 7.11 Å². The van der Waals surface area contributed by atoms with Gasteiger partial charge in [-0.25, -0.2) is 0 Å². The third kappa shape index (κ3) is 4.81. The first kappa shape index (κ1) is 13.9. The van der Waals surface area contributed by atoms with Crippen molar-refractivity contribution in [2.75, 3.05) is 40.0 Å². The number of ether oxygens (including phenoxy) is 1. The number of rotatable bonds is 7. The van der Waals surface area contributed by atoms with Gasteiger partial charge in [0.25, 0.3) is 0 Å². The first-order chi connectivity index (χ1) is 7.77. The minimum Gasteiger partial charge on any atom is -0.395 e. The minimum atomic E-state index is 0.255. The van der Waals surface area contributed by atoms with Gasteiger partial charge in [0, 0.05) is 26.7 Å². The van der Waals surface area contributed by atoms with Crippen molar-refractivity contribution in [2.45, 2.75) is 32.6 Å². The Kier molecular flexibility index (Phi) is 7.01. The van der Waals surface area contributed by atoms with E-state index in [4.69, 9.17) is 9.84 Å². The molecule has 1 rings (SSSR count). The van der Waals surface area contributed by atoms with Gasteiger partial charge < -0.3 is 9.84 Å². The molecule has 96 valence electrons. The molecule has 0 saturated heterocycles. The molecule has 0 heterocycles. The maximum Gasteiger partial charge on any atom is 0.0589 e. The summed E-state index contributed by atoms with van der Waals surface area (Å²) in [6.45, 7) is 6.25. The summed E-state index contributed by atoms with van der Waals surface area (Å²) in [5.41, 5.74) is 0. The monoisotopic (exact) mass is 229 g/mol. The number of methoxy groups -OCH3 is 1. The normalized spacial score (nSPS) is 26.2. The average molecular weight is 229 g/mol. The van der Waals surface area contributed by atoms with E-state index in [1.807, 2.05) is 0 Å². The van der Waals surface area contributed by atoms with Crippen molar-refractivity contribution in [1.29, 1.82) is 0 Å². The second-order valence-electron chi connectivity index (χ2n) is 5.04. The van der Waals surface area contributed by atoms with Crippen LogP contribution in [0.3, 0.4) is 0 Å². The molecule has 0 aromatic carbocycles. The molecular weight excluding hydrogens is 202 g/mol. The summed E-state index contributed by atoms with van der Waals surface area (Å²) < 4.78 is 5.11. The highest BCUT2D eigenvalue weighted by molar-refractivity contribution is 4.75. The molecule has 2 atom stereocenters. The standard InChI is InChI=1S/C13H27NO2/c1-12-5-3-4-6-13(12)11-14(7-9-15)8-10-16-2/h12-13,15H,3-11H2,1-2H3. The van der Waals surface area contributed by atoms with E-state index in [2.05, 4.69) is 11.8 Å². The van der Waals surface area contributed by atoms with Crippen LogP contribution in [0.1, 0.15) is 32.6 Å². The molecule has 0 radical (unpaired) electrons. The minimum absolute atomic E-state index is 0.255. The Labute approximate surface area is 99.8 Å². The summed E-state index contributed by atoms with van der Waals surface area (Å²) in [5.74, 6) is 1.66. The highest BCUT2D eigenvalue weighted by Crippen LogP contribution is 2.29. The fourth-order valence-corrected chi connectivity index (χ4v) is 2.65. The number of aliphatic hydroxyl groups is 1. The van der Waals surface area contributed by atoms with Crippen LogP contribution in [0.2, 0.25) is 0 Å². The summed E-state index contributed by atoms with van der Waals surface area (Å²) in [7, 11) is 1.74. The SMILES string of the molecule is COCCN(CCO)CC1CCCCC1C. The molecule has 0 spiro atoms. The first-order valence-electron chi connectivity index (χ1n) is 6.60. The van der Waals surface area contributed by atoms with Crippen LogP contribution in [0.15, 0.2) is 0 Å². The quantitative estimate of drug-likeness (QED) is 0.722. The average Bonchev–Trinajstić information content (AvgIpc) is 2.29. The van der Waals surface area contributed by atoms with Crippen molar-refractivity contribution >= 4 is 0 Å². The van der Waals surface area contributed by atoms with Crippen molar-refractivity contribution in [3.63, 3.8) is 0 Å². The molecule has 1 aliphatic rings. The van der Waals surface area contributed by atoms with Crippen LogP contribution in [0.4, 0.5) is 0 Å². The van der Waals surface area contributed by atoms with Gasteiger partial charge in [-0.3, -0.25) is 4.90 Å². The van der Waals surface area contributed by atoms with E-state index in [1.165, 1.54) is 25.7 Å². The summed E-state index contributed by atoms with van der Waals surface area (Å²) >= 11 is 0. The van der Waals surface area contributed by atoms with E-state index in [9.17, 15) is 0 Å². The van der Waals surface area contributed by atoms with Gasteiger partial charge in [-0.15, -0.1) is 0 Å². The van der Waals surface area contributed by atoms with E-state index in [0.29, 0.717) is 0 Å². The maximum absolute atomic E-state index is 9.05. The zero-order valence-corrected chi connectivity index (χ0v) is 10.8. The highest BCUT2D eigenvalue weighted by Gasteiger charge is 2.23. The lowest BCUT2D eigenvalue weighted by atomic mass is 9.80. The Balaban J connectivity index is 2.33. The zero-order chi connectivity index (χ0) is 11.8. The summed E-state index contributed by atoms with van der Waals surface area (Å²) in [6.07, 6.45) is 5.51. The van der Waals surface area contributed by atoms with Crippen molar-refractivity contribution in [2.24, 2.45) is 11.8 Å². The van der Waals surface area contributed by atoms with Gasteiger partial charge in [0.15, 0.2) is 0 Å². The highest BCUT2D eigenvalue weighted by atomic mass is 16.5. The number of aliphatic hydroxyl groups excluding tert-OH is 1. The summed E-state index contributed by atoms with van der Waals surface area (Å²) in [4.78, 5) is 2.34. The van der Waals surface area contributed by atoms with Gasteiger partial charge in [0.2, 0.25) is 0 Å². The van der Waals surface area contributed by atoms with Crippen LogP contribution in [-0.4, -0.2) is 50.0 Å². The van der Waals surface area contributed by atoms with Crippen LogP contribution in [0.5, 0.6) is 0 Å². The topological polar surface area (TPSA) is 32.7 Å². The van der Waals surface area contributed by atoms with Crippen molar-refractivity contribution in [3.05, 3.63) is 0 Å². The van der Waals surface area contributed by atoms with Crippen molar-refractivity contribution < 1.29 is 9.84 Å². The molecule has 0 aromatic rings. The molecule has 2 unspecified atom stereocenters. The van der Waals surface area contributed by atoms with Crippen LogP contribution in [0, 0.1) is 11.8 Å². The van der Waals surface area contributed by atoms with Gasteiger partial charge in [0.1, 0.15) is 0 Å². The predicted octanol–water partition coefficient (Wildman–Crippen LogP) is 1.75. The number of hydrogen-bond acceptors (Lipinski definition) is 3. The third-order valence-corrected chi connectivity index (χ3v) is 3.81. The Morgan fingerprint density at radius 3 is 2.62 bits per heavy atom. The van der Waals surface area contributed by atoms with Gasteiger partial charge in [0.05, 0.1) is 13.2 Å². The molecule has 0 aliphatic heterocycles. The van der Waals surface area contributed by atoms with Crippen LogP contribution < -0.4 is 0 Å². The third-order valence-electron chi connectivity index (χ3n) is 3.81. The van der Waals surface area contributed by atoms with Gasteiger partial charge in [-0.05, 0) is 18.3 Å². The number of nitrogens with zero attached hydrogens (tertiary/aromatic N) is 1. The van der Waals surface area contributed by atoms with E-state index < -0.39 is 0 Å². The van der Waals surface area contributed by atoms with E-state index in [0.717, 1.165) is 38.1 Å². The Hall–Kier alpha value is -0.120. The zero-order valence-electron chi connectivity index (χ0n) is 10.8. The largest absolute Gasteiger partial charge is 0.395 e. The molecule has 1 fully saturated rings. The van der Waals surface area contributed by atoms with E-state index >= 15 is 0 Å². The second kappa shape index (κ2) is 8.04. The molecule has 0 amide bonds. The van der Waals surface area contributed by atoms with Crippen molar-refractivity contribution in [3.8, 4) is 0 Å². The molecular formula is C13H27NO2. The smallest absolute Gasteiger partial charge is 0.0589 e. The fourth-order valence-electron chi connectivity index (χ4n) is 2.65. The fraction of sp³-hybridized carbons (Fsp3) is 1.00. The summed E-state index contributed by atoms with van der Waals surface area (Å²) in [6, 6.07) is 0. The second-order valence-corrected chi connectivity index (χ2v) is 5.04. The lowest BCUT2D eigenvalue weighted by Gasteiger charge is -2.33. The lowest BCUT2D eigenvalue weighted by molar-refractivity contribution is 0.0995. The molecule has 16 heavy (non-hydrogen) atoms. The van der Waals surface area contributed by atoms with E-state index in [-0.39, 0.29) is 6.61 Å². The van der Waals surface area contributed by atoms with Crippen LogP contribution >= 0.6 is 0 Å². The molecule has 0 bridgehead atoms. The van der Waals surface area contributed by atoms with Crippen LogP contribution in [0.25, 0.3) is 0 Å². The van der Waals surface area contributed by atoms with Gasteiger partial charge in [-0.2, -0.15) is 0 Å². The lowest BCUT2D eigenvalue weighted by Crippen LogP contribution is -2.37. The van der Waals surface area contributed by atoms with Crippen molar-refractivity contribution in [1.82, 2.24) is 4.90 Å².